The number of hydrogen-bond acceptors (Lipinski definition) is 5. The van der Waals surface area contributed by atoms with Gasteiger partial charge < -0.3 is 5.11 Å². The fraction of sp³-hybridized carbons (Fsp3) is 0.100. The normalized spacial score (nSPS) is 11.4. The summed E-state index contributed by atoms with van der Waals surface area (Å²) in [6.45, 7) is -0.237. The van der Waals surface area contributed by atoms with Gasteiger partial charge in [0.25, 0.3) is 10.0 Å². The van der Waals surface area contributed by atoms with Gasteiger partial charge in [-0.15, -0.1) is 11.3 Å². The first-order valence-corrected chi connectivity index (χ1v) is 7.58. The molecule has 1 aromatic carbocycles. The molecular weight excluding hydrogens is 296 g/mol. The van der Waals surface area contributed by atoms with Crippen LogP contribution in [0.2, 0.25) is 5.02 Å². The van der Waals surface area contributed by atoms with Crippen molar-refractivity contribution in [1.82, 2.24) is 4.98 Å². The maximum atomic E-state index is 12.0. The number of thiazole rings is 1. The zero-order valence-corrected chi connectivity index (χ0v) is 11.4. The summed E-state index contributed by atoms with van der Waals surface area (Å²) in [6.07, 6.45) is 1.50. The van der Waals surface area contributed by atoms with Crippen LogP contribution in [0.5, 0.6) is 0 Å². The number of rotatable bonds is 4. The number of aliphatic hydroxyl groups excluding tert-OH is 1. The highest BCUT2D eigenvalue weighted by Gasteiger charge is 2.16. The van der Waals surface area contributed by atoms with Crippen molar-refractivity contribution in [2.75, 3.05) is 4.72 Å². The second kappa shape index (κ2) is 5.23. The molecule has 2 N–H and O–H groups in total. The van der Waals surface area contributed by atoms with Crippen LogP contribution in [-0.4, -0.2) is 18.5 Å². The first-order chi connectivity index (χ1) is 8.53. The van der Waals surface area contributed by atoms with Crippen LogP contribution < -0.4 is 4.72 Å². The molecule has 0 radical (unpaired) electrons. The largest absolute Gasteiger partial charge is 0.392 e. The molecule has 0 saturated heterocycles. The molecule has 0 spiro atoms. The number of hydrogen-bond donors (Lipinski definition) is 2. The van der Waals surface area contributed by atoms with Crippen LogP contribution in [0, 0.1) is 0 Å². The minimum atomic E-state index is -3.70. The molecule has 0 unspecified atom stereocenters. The lowest BCUT2D eigenvalue weighted by atomic mass is 10.2. The molecule has 0 aliphatic rings. The van der Waals surface area contributed by atoms with Gasteiger partial charge in [0.2, 0.25) is 0 Å². The van der Waals surface area contributed by atoms with Gasteiger partial charge >= 0.3 is 0 Å². The molecule has 8 heteroatoms. The summed E-state index contributed by atoms with van der Waals surface area (Å²) in [6, 6.07) is 4.15. The van der Waals surface area contributed by atoms with E-state index in [0.717, 1.165) is 0 Å². The second-order valence-electron chi connectivity index (χ2n) is 3.35. The molecule has 5 nitrogen and oxygen atoms in total. The zero-order valence-electron chi connectivity index (χ0n) is 9.00. The quantitative estimate of drug-likeness (QED) is 0.906. The van der Waals surface area contributed by atoms with E-state index in [2.05, 4.69) is 9.71 Å². The van der Waals surface area contributed by atoms with Crippen LogP contribution in [0.25, 0.3) is 0 Å². The highest BCUT2D eigenvalue weighted by atomic mass is 35.5. The Bertz CT molecular complexity index is 641. The molecule has 1 aromatic heterocycles. The lowest BCUT2D eigenvalue weighted by molar-refractivity contribution is 0.282. The van der Waals surface area contributed by atoms with E-state index < -0.39 is 10.0 Å². The van der Waals surface area contributed by atoms with E-state index in [1.807, 2.05) is 0 Å². The number of aromatic nitrogens is 1. The van der Waals surface area contributed by atoms with E-state index in [1.165, 1.54) is 35.7 Å². The summed E-state index contributed by atoms with van der Waals surface area (Å²) in [4.78, 5) is 3.87. The molecule has 0 saturated carbocycles. The van der Waals surface area contributed by atoms with Crippen molar-refractivity contribution in [3.8, 4) is 0 Å². The highest BCUT2D eigenvalue weighted by Crippen LogP contribution is 2.23. The molecule has 0 aliphatic heterocycles. The van der Waals surface area contributed by atoms with Gasteiger partial charge in [0.15, 0.2) is 5.13 Å². The Morgan fingerprint density at radius 3 is 2.78 bits per heavy atom. The van der Waals surface area contributed by atoms with Crippen LogP contribution >= 0.6 is 22.9 Å². The molecule has 1 heterocycles. The molecule has 0 bridgehead atoms. The van der Waals surface area contributed by atoms with E-state index in [0.29, 0.717) is 5.56 Å². The molecule has 0 fully saturated rings. The van der Waals surface area contributed by atoms with Gasteiger partial charge in [-0.05, 0) is 17.7 Å². The van der Waals surface area contributed by atoms with Crippen LogP contribution in [0.1, 0.15) is 5.56 Å². The van der Waals surface area contributed by atoms with Gasteiger partial charge in [0.05, 0.1) is 11.5 Å². The van der Waals surface area contributed by atoms with E-state index in [-0.39, 0.29) is 21.7 Å². The molecule has 0 aliphatic carbocycles. The van der Waals surface area contributed by atoms with E-state index in [1.54, 1.807) is 5.38 Å². The number of sulfonamides is 1. The van der Waals surface area contributed by atoms with E-state index >= 15 is 0 Å². The molecular formula is C10H9ClN2O3S2. The third-order valence-corrected chi connectivity index (χ3v) is 4.67. The smallest absolute Gasteiger partial charge is 0.263 e. The van der Waals surface area contributed by atoms with Crippen LogP contribution in [-0.2, 0) is 16.6 Å². The topological polar surface area (TPSA) is 79.3 Å². The Labute approximate surface area is 113 Å². The van der Waals surface area contributed by atoms with Gasteiger partial charge in [0.1, 0.15) is 0 Å². The number of aliphatic hydroxyl groups is 1. The first-order valence-electron chi connectivity index (χ1n) is 4.84. The summed E-state index contributed by atoms with van der Waals surface area (Å²) < 4.78 is 26.3. The summed E-state index contributed by atoms with van der Waals surface area (Å²) in [7, 11) is -3.70. The van der Waals surface area contributed by atoms with Crippen molar-refractivity contribution >= 4 is 38.1 Å². The molecule has 2 rings (SSSR count). The molecule has 0 atom stereocenters. The summed E-state index contributed by atoms with van der Waals surface area (Å²) in [5, 5.41) is 11.1. The lowest BCUT2D eigenvalue weighted by Gasteiger charge is -2.07. The third kappa shape index (κ3) is 2.81. The monoisotopic (exact) mass is 304 g/mol. The Hall–Kier alpha value is -1.15. The number of anilines is 1. The van der Waals surface area contributed by atoms with Crippen LogP contribution in [0.15, 0.2) is 34.7 Å². The first kappa shape index (κ1) is 13.3. The predicted octanol–water partition coefficient (Wildman–Crippen LogP) is 2.09. The Morgan fingerprint density at radius 2 is 2.22 bits per heavy atom. The Morgan fingerprint density at radius 1 is 1.44 bits per heavy atom. The number of nitrogens with zero attached hydrogens (tertiary/aromatic N) is 1. The van der Waals surface area contributed by atoms with Gasteiger partial charge in [-0.2, -0.15) is 0 Å². The number of halogens is 1. The average molecular weight is 305 g/mol. The summed E-state index contributed by atoms with van der Waals surface area (Å²) in [5.41, 5.74) is 0.477. The standard InChI is InChI=1S/C10H9ClN2O3S2/c11-9-5-8(2-1-7(9)6-14)18(15,16)13-10-12-3-4-17-10/h1-5,14H,6H2,(H,12,13). The van der Waals surface area contributed by atoms with Gasteiger partial charge in [-0.1, -0.05) is 17.7 Å². The number of benzene rings is 1. The van der Waals surface area contributed by atoms with Crippen molar-refractivity contribution in [3.63, 3.8) is 0 Å². The van der Waals surface area contributed by atoms with Crippen molar-refractivity contribution in [2.24, 2.45) is 0 Å². The minimum absolute atomic E-state index is 0.0277. The molecule has 2 aromatic rings. The second-order valence-corrected chi connectivity index (χ2v) is 6.34. The Kier molecular flexibility index (Phi) is 3.86. The van der Waals surface area contributed by atoms with Crippen LogP contribution in [0.3, 0.4) is 0 Å². The molecule has 96 valence electrons. The fourth-order valence-corrected chi connectivity index (χ4v) is 3.39. The third-order valence-electron chi connectivity index (χ3n) is 2.16. The lowest BCUT2D eigenvalue weighted by Crippen LogP contribution is -2.12. The van der Waals surface area contributed by atoms with Gasteiger partial charge in [-0.3, -0.25) is 4.72 Å². The van der Waals surface area contributed by atoms with E-state index in [9.17, 15) is 8.42 Å². The summed E-state index contributed by atoms with van der Waals surface area (Å²) >= 11 is 7.03. The maximum Gasteiger partial charge on any atom is 0.263 e. The van der Waals surface area contributed by atoms with Crippen molar-refractivity contribution in [1.29, 1.82) is 0 Å². The Balaban J connectivity index is 2.33. The maximum absolute atomic E-state index is 12.0. The van der Waals surface area contributed by atoms with Crippen molar-refractivity contribution in [2.45, 2.75) is 11.5 Å². The molecule has 0 amide bonds. The van der Waals surface area contributed by atoms with Gasteiger partial charge in [0, 0.05) is 16.6 Å². The number of nitrogens with one attached hydrogen (secondary N) is 1. The van der Waals surface area contributed by atoms with Crippen molar-refractivity contribution in [3.05, 3.63) is 40.4 Å². The predicted molar refractivity (Wildman–Crippen MR) is 70.3 cm³/mol. The van der Waals surface area contributed by atoms with Gasteiger partial charge in [-0.25, -0.2) is 13.4 Å². The SMILES string of the molecule is O=S(=O)(Nc1nccs1)c1ccc(CO)c(Cl)c1. The highest BCUT2D eigenvalue weighted by molar-refractivity contribution is 7.93. The van der Waals surface area contributed by atoms with Crippen LogP contribution in [0.4, 0.5) is 5.13 Å². The zero-order chi connectivity index (χ0) is 13.2. The fourth-order valence-electron chi connectivity index (χ4n) is 1.27. The van der Waals surface area contributed by atoms with E-state index in [4.69, 9.17) is 16.7 Å². The minimum Gasteiger partial charge on any atom is -0.392 e. The molecule has 18 heavy (non-hydrogen) atoms. The summed E-state index contributed by atoms with van der Waals surface area (Å²) in [5.74, 6) is 0. The average Bonchev–Trinajstić information content (AvgIpc) is 2.81. The van der Waals surface area contributed by atoms with Crippen molar-refractivity contribution < 1.29 is 13.5 Å².